The number of ether oxygens (including phenoxy) is 2. The fraction of sp³-hybridized carbons (Fsp3) is 0.786. The SMILES string of the molecule is COC(=O)C(OCC1C2C=CC(C2)C1CO)P(OC)OC. The fourth-order valence-corrected chi connectivity index (χ4v) is 4.35. The zero-order chi connectivity index (χ0) is 15.4. The highest BCUT2D eigenvalue weighted by atomic mass is 31.2. The summed E-state index contributed by atoms with van der Waals surface area (Å²) in [6, 6.07) is 0. The minimum Gasteiger partial charge on any atom is -0.467 e. The van der Waals surface area contributed by atoms with Gasteiger partial charge in [0.1, 0.15) is 0 Å². The Morgan fingerprint density at radius 2 is 1.86 bits per heavy atom. The quantitative estimate of drug-likeness (QED) is 0.416. The molecule has 5 atom stereocenters. The van der Waals surface area contributed by atoms with Crippen molar-refractivity contribution < 1.29 is 28.4 Å². The van der Waals surface area contributed by atoms with Gasteiger partial charge < -0.3 is 23.6 Å². The van der Waals surface area contributed by atoms with Gasteiger partial charge in [-0.15, -0.1) is 0 Å². The van der Waals surface area contributed by atoms with Crippen LogP contribution in [0.5, 0.6) is 0 Å². The molecule has 0 saturated heterocycles. The molecule has 2 rings (SSSR count). The van der Waals surface area contributed by atoms with E-state index >= 15 is 0 Å². The molecule has 2 bridgehead atoms. The van der Waals surface area contributed by atoms with Gasteiger partial charge in [0.2, 0.25) is 14.2 Å². The van der Waals surface area contributed by atoms with E-state index in [4.69, 9.17) is 18.5 Å². The van der Waals surface area contributed by atoms with Gasteiger partial charge in [0.05, 0.1) is 13.7 Å². The number of esters is 1. The molecule has 1 saturated carbocycles. The van der Waals surface area contributed by atoms with Crippen molar-refractivity contribution in [2.45, 2.75) is 12.3 Å². The van der Waals surface area contributed by atoms with Crippen LogP contribution < -0.4 is 0 Å². The van der Waals surface area contributed by atoms with Gasteiger partial charge in [-0.1, -0.05) is 12.2 Å². The molecule has 1 N–H and O–H groups in total. The van der Waals surface area contributed by atoms with E-state index in [1.165, 1.54) is 21.3 Å². The number of aliphatic hydroxyl groups excluding tert-OH is 1. The maximum Gasteiger partial charge on any atom is 0.344 e. The summed E-state index contributed by atoms with van der Waals surface area (Å²) in [6.07, 6.45) is 5.43. The molecule has 5 unspecified atom stereocenters. The first kappa shape index (κ1) is 16.8. The molecule has 7 heteroatoms. The molecular weight excluding hydrogens is 295 g/mol. The highest BCUT2D eigenvalue weighted by molar-refractivity contribution is 7.49. The number of hydrogen-bond donors (Lipinski definition) is 1. The standard InChI is InChI=1S/C14H23O6P/c1-17-13(16)14(21(18-2)19-3)20-8-12-10-5-4-9(6-10)11(12)7-15/h4-5,9-12,14-15H,6-8H2,1-3H3. The summed E-state index contributed by atoms with van der Waals surface area (Å²) in [4.78, 5) is 11.8. The Kier molecular flexibility index (Phi) is 6.14. The Labute approximate surface area is 126 Å². The van der Waals surface area contributed by atoms with Crippen LogP contribution >= 0.6 is 8.38 Å². The number of aliphatic hydroxyl groups is 1. The molecule has 120 valence electrons. The van der Waals surface area contributed by atoms with E-state index in [1.807, 2.05) is 0 Å². The first-order chi connectivity index (χ1) is 10.2. The van der Waals surface area contributed by atoms with Gasteiger partial charge in [-0.2, -0.15) is 0 Å². The molecule has 0 aromatic rings. The van der Waals surface area contributed by atoms with Crippen LogP contribution in [-0.4, -0.2) is 51.5 Å². The lowest BCUT2D eigenvalue weighted by Crippen LogP contribution is -2.32. The molecule has 0 radical (unpaired) electrons. The maximum atomic E-state index is 11.8. The van der Waals surface area contributed by atoms with Crippen LogP contribution in [0.4, 0.5) is 0 Å². The number of fused-ring (bicyclic) bond motifs is 2. The molecule has 0 spiro atoms. The molecule has 1 fully saturated rings. The normalized spacial score (nSPS) is 31.9. The van der Waals surface area contributed by atoms with Crippen LogP contribution in [0.3, 0.4) is 0 Å². The zero-order valence-electron chi connectivity index (χ0n) is 12.6. The molecule has 0 heterocycles. The monoisotopic (exact) mass is 318 g/mol. The first-order valence-corrected chi connectivity index (χ1v) is 8.27. The van der Waals surface area contributed by atoms with Gasteiger partial charge in [0, 0.05) is 20.8 Å². The Bertz CT molecular complexity index is 384. The average molecular weight is 318 g/mol. The van der Waals surface area contributed by atoms with Crippen molar-refractivity contribution in [2.75, 3.05) is 34.5 Å². The van der Waals surface area contributed by atoms with Crippen molar-refractivity contribution >= 4 is 14.3 Å². The molecule has 21 heavy (non-hydrogen) atoms. The van der Waals surface area contributed by atoms with E-state index in [-0.39, 0.29) is 18.4 Å². The third kappa shape index (κ3) is 3.46. The third-order valence-electron chi connectivity index (χ3n) is 4.41. The van der Waals surface area contributed by atoms with Crippen LogP contribution in [-0.2, 0) is 23.3 Å². The van der Waals surface area contributed by atoms with Crippen molar-refractivity contribution in [3.8, 4) is 0 Å². The highest BCUT2D eigenvalue weighted by Gasteiger charge is 2.45. The first-order valence-electron chi connectivity index (χ1n) is 7.02. The number of methoxy groups -OCH3 is 1. The number of hydrogen-bond acceptors (Lipinski definition) is 6. The van der Waals surface area contributed by atoms with Crippen molar-refractivity contribution in [3.05, 3.63) is 12.2 Å². The van der Waals surface area contributed by atoms with E-state index in [2.05, 4.69) is 12.2 Å². The molecule has 0 aromatic carbocycles. The Balaban J connectivity index is 1.98. The predicted molar refractivity (Wildman–Crippen MR) is 77.5 cm³/mol. The van der Waals surface area contributed by atoms with Crippen molar-refractivity contribution in [2.24, 2.45) is 23.7 Å². The van der Waals surface area contributed by atoms with Crippen molar-refractivity contribution in [1.82, 2.24) is 0 Å². The number of carbonyl (C=O) groups excluding carboxylic acids is 1. The molecule has 2 aliphatic carbocycles. The predicted octanol–water partition coefficient (Wildman–Crippen LogP) is 1.54. The van der Waals surface area contributed by atoms with Gasteiger partial charge >= 0.3 is 5.97 Å². The van der Waals surface area contributed by atoms with Gasteiger partial charge in [-0.05, 0) is 30.1 Å². The molecule has 0 aromatic heterocycles. The second-order valence-electron chi connectivity index (χ2n) is 5.32. The smallest absolute Gasteiger partial charge is 0.344 e. The van der Waals surface area contributed by atoms with Crippen LogP contribution in [0.2, 0.25) is 0 Å². The van der Waals surface area contributed by atoms with Gasteiger partial charge in [0.15, 0.2) is 0 Å². The van der Waals surface area contributed by atoms with Crippen molar-refractivity contribution in [3.63, 3.8) is 0 Å². The lowest BCUT2D eigenvalue weighted by atomic mass is 9.84. The summed E-state index contributed by atoms with van der Waals surface area (Å²) >= 11 is 0. The van der Waals surface area contributed by atoms with E-state index in [1.54, 1.807) is 0 Å². The minimum atomic E-state index is -1.49. The number of carbonyl (C=O) groups is 1. The summed E-state index contributed by atoms with van der Waals surface area (Å²) in [7, 11) is 2.78. The lowest BCUT2D eigenvalue weighted by Gasteiger charge is -2.29. The fourth-order valence-electron chi connectivity index (χ4n) is 3.33. The summed E-state index contributed by atoms with van der Waals surface area (Å²) in [6.45, 7) is 0.536. The second-order valence-corrected chi connectivity index (χ2v) is 7.09. The second kappa shape index (κ2) is 7.65. The molecule has 2 aliphatic rings. The average Bonchev–Trinajstić information content (AvgIpc) is 3.11. The van der Waals surface area contributed by atoms with Crippen LogP contribution in [0.1, 0.15) is 6.42 Å². The lowest BCUT2D eigenvalue weighted by molar-refractivity contribution is -0.150. The number of rotatable bonds is 8. The van der Waals surface area contributed by atoms with E-state index in [0.717, 1.165) is 6.42 Å². The largest absolute Gasteiger partial charge is 0.467 e. The Morgan fingerprint density at radius 1 is 1.24 bits per heavy atom. The van der Waals surface area contributed by atoms with Crippen LogP contribution in [0.15, 0.2) is 12.2 Å². The third-order valence-corrected chi connectivity index (χ3v) is 5.87. The molecule has 0 aliphatic heterocycles. The van der Waals surface area contributed by atoms with E-state index < -0.39 is 20.2 Å². The van der Waals surface area contributed by atoms with Gasteiger partial charge in [-0.3, -0.25) is 0 Å². The van der Waals surface area contributed by atoms with Gasteiger partial charge in [-0.25, -0.2) is 4.79 Å². The molecular formula is C14H23O6P. The van der Waals surface area contributed by atoms with Crippen LogP contribution in [0.25, 0.3) is 0 Å². The molecule has 0 amide bonds. The maximum absolute atomic E-state index is 11.8. The van der Waals surface area contributed by atoms with Gasteiger partial charge in [0.25, 0.3) is 0 Å². The summed E-state index contributed by atoms with van der Waals surface area (Å²) in [5.41, 5.74) is 0. The van der Waals surface area contributed by atoms with E-state index in [0.29, 0.717) is 18.4 Å². The summed E-state index contributed by atoms with van der Waals surface area (Å²) in [5.74, 6) is -0.0813. The summed E-state index contributed by atoms with van der Waals surface area (Å²) < 4.78 is 20.9. The Morgan fingerprint density at radius 3 is 2.38 bits per heavy atom. The Hall–Kier alpha value is -0.520. The number of allylic oxidation sites excluding steroid dienone is 2. The molecule has 6 nitrogen and oxygen atoms in total. The summed E-state index contributed by atoms with van der Waals surface area (Å²) in [5, 5.41) is 9.55. The zero-order valence-corrected chi connectivity index (χ0v) is 13.5. The highest BCUT2D eigenvalue weighted by Crippen LogP contribution is 2.49. The van der Waals surface area contributed by atoms with Crippen LogP contribution in [0, 0.1) is 23.7 Å². The van der Waals surface area contributed by atoms with Crippen molar-refractivity contribution in [1.29, 1.82) is 0 Å². The topological polar surface area (TPSA) is 74.2 Å². The van der Waals surface area contributed by atoms with E-state index in [9.17, 15) is 9.90 Å². The minimum absolute atomic E-state index is 0.145.